The van der Waals surface area contributed by atoms with Gasteiger partial charge in [-0.05, 0) is 25.8 Å². The molecule has 2 fully saturated rings. The summed E-state index contributed by atoms with van der Waals surface area (Å²) in [7, 11) is 2.05. The average molecular weight is 255 g/mol. The lowest BCUT2D eigenvalue weighted by Crippen LogP contribution is -2.57. The molecule has 2 rings (SSSR count). The van der Waals surface area contributed by atoms with Crippen molar-refractivity contribution in [3.63, 3.8) is 0 Å². The molecule has 1 aliphatic carbocycles. The first-order valence-corrected chi connectivity index (χ1v) is 5.86. The lowest BCUT2D eigenvalue weighted by molar-refractivity contribution is -0.0581. The van der Waals surface area contributed by atoms with Crippen molar-refractivity contribution in [3.05, 3.63) is 0 Å². The van der Waals surface area contributed by atoms with Gasteiger partial charge in [0.1, 0.15) is 0 Å². The lowest BCUT2D eigenvalue weighted by Gasteiger charge is -2.39. The molecule has 0 aromatic carbocycles. The fourth-order valence-electron chi connectivity index (χ4n) is 2.57. The molecule has 1 saturated carbocycles. The van der Waals surface area contributed by atoms with Crippen LogP contribution >= 0.6 is 12.4 Å². The van der Waals surface area contributed by atoms with Gasteiger partial charge < -0.3 is 10.2 Å². The van der Waals surface area contributed by atoms with Crippen LogP contribution in [-0.4, -0.2) is 43.5 Å². The van der Waals surface area contributed by atoms with Crippen LogP contribution in [0.5, 0.6) is 0 Å². The Kier molecular flexibility index (Phi) is 4.95. The molecule has 1 aliphatic heterocycles. The smallest absolute Gasteiger partial charge is 0.248 e. The molecule has 0 aromatic rings. The molecule has 0 aromatic heterocycles. The van der Waals surface area contributed by atoms with Crippen LogP contribution in [0.2, 0.25) is 0 Å². The first-order valence-electron chi connectivity index (χ1n) is 5.86. The summed E-state index contributed by atoms with van der Waals surface area (Å²) in [4.78, 5) is 2.24. The van der Waals surface area contributed by atoms with Gasteiger partial charge in [-0.25, -0.2) is 8.78 Å². The minimum Gasteiger partial charge on any atom is -0.314 e. The van der Waals surface area contributed by atoms with Gasteiger partial charge in [0.2, 0.25) is 5.92 Å². The van der Waals surface area contributed by atoms with Crippen LogP contribution in [0.3, 0.4) is 0 Å². The van der Waals surface area contributed by atoms with E-state index in [0.29, 0.717) is 12.5 Å². The van der Waals surface area contributed by atoms with Crippen molar-refractivity contribution < 1.29 is 8.78 Å². The predicted molar refractivity (Wildman–Crippen MR) is 63.4 cm³/mol. The van der Waals surface area contributed by atoms with E-state index in [0.717, 1.165) is 26.1 Å². The van der Waals surface area contributed by atoms with Crippen LogP contribution in [0.4, 0.5) is 8.78 Å². The Labute approximate surface area is 102 Å². The fraction of sp³-hybridized carbons (Fsp3) is 1.00. The zero-order valence-corrected chi connectivity index (χ0v) is 10.5. The highest BCUT2D eigenvalue weighted by atomic mass is 35.5. The maximum atomic E-state index is 13.2. The Balaban J connectivity index is 0.00000128. The standard InChI is InChI=1S/C11H20F2N2.ClH/c1-15(10-6-14-7-10)8-9-3-2-4-11(12,13)5-9;/h9-10,14H,2-8H2,1H3;1H. The molecule has 96 valence electrons. The molecule has 0 bridgehead atoms. The van der Waals surface area contributed by atoms with Gasteiger partial charge in [0.25, 0.3) is 0 Å². The average Bonchev–Trinajstić information content (AvgIpc) is 1.97. The monoisotopic (exact) mass is 254 g/mol. The van der Waals surface area contributed by atoms with Crippen molar-refractivity contribution in [2.45, 2.75) is 37.6 Å². The maximum Gasteiger partial charge on any atom is 0.248 e. The lowest BCUT2D eigenvalue weighted by atomic mass is 9.86. The second-order valence-corrected chi connectivity index (χ2v) is 5.07. The van der Waals surface area contributed by atoms with Crippen LogP contribution < -0.4 is 5.32 Å². The van der Waals surface area contributed by atoms with Crippen molar-refractivity contribution >= 4 is 12.4 Å². The molecule has 0 amide bonds. The fourth-order valence-corrected chi connectivity index (χ4v) is 2.57. The van der Waals surface area contributed by atoms with Crippen LogP contribution in [0.25, 0.3) is 0 Å². The van der Waals surface area contributed by atoms with Crippen LogP contribution in [0, 0.1) is 5.92 Å². The second kappa shape index (κ2) is 5.61. The Morgan fingerprint density at radius 1 is 1.38 bits per heavy atom. The number of nitrogens with zero attached hydrogens (tertiary/aromatic N) is 1. The summed E-state index contributed by atoms with van der Waals surface area (Å²) < 4.78 is 26.3. The minimum atomic E-state index is -2.40. The molecule has 0 radical (unpaired) electrons. The van der Waals surface area contributed by atoms with Gasteiger partial charge >= 0.3 is 0 Å². The first-order chi connectivity index (χ1) is 7.07. The van der Waals surface area contributed by atoms with E-state index in [-0.39, 0.29) is 31.2 Å². The maximum absolute atomic E-state index is 13.2. The Morgan fingerprint density at radius 3 is 2.56 bits per heavy atom. The van der Waals surface area contributed by atoms with Crippen LogP contribution in [0.1, 0.15) is 25.7 Å². The zero-order chi connectivity index (χ0) is 10.9. The number of likely N-dealkylation sites (N-methyl/N-ethyl adjacent to an activating group) is 1. The van der Waals surface area contributed by atoms with Crippen molar-refractivity contribution in [1.82, 2.24) is 10.2 Å². The van der Waals surface area contributed by atoms with E-state index in [4.69, 9.17) is 0 Å². The van der Waals surface area contributed by atoms with Gasteiger partial charge in [-0.2, -0.15) is 0 Å². The third-order valence-electron chi connectivity index (χ3n) is 3.67. The van der Waals surface area contributed by atoms with Crippen molar-refractivity contribution in [3.8, 4) is 0 Å². The van der Waals surface area contributed by atoms with E-state index in [1.165, 1.54) is 0 Å². The predicted octanol–water partition coefficient (Wildman–Crippen LogP) is 2.14. The zero-order valence-electron chi connectivity index (χ0n) is 9.72. The Morgan fingerprint density at radius 2 is 2.06 bits per heavy atom. The number of rotatable bonds is 3. The van der Waals surface area contributed by atoms with Gasteiger partial charge in [-0.3, -0.25) is 0 Å². The van der Waals surface area contributed by atoms with Gasteiger partial charge in [-0.15, -0.1) is 12.4 Å². The largest absolute Gasteiger partial charge is 0.314 e. The molecule has 1 saturated heterocycles. The second-order valence-electron chi connectivity index (χ2n) is 5.07. The molecule has 0 spiro atoms. The number of nitrogens with one attached hydrogen (secondary N) is 1. The molecular weight excluding hydrogens is 234 g/mol. The third kappa shape index (κ3) is 3.54. The first kappa shape index (κ1) is 14.1. The number of halogens is 3. The Hall–Kier alpha value is 0.0700. The number of hydrogen-bond acceptors (Lipinski definition) is 2. The highest BCUT2D eigenvalue weighted by molar-refractivity contribution is 5.85. The van der Waals surface area contributed by atoms with E-state index >= 15 is 0 Å². The van der Waals surface area contributed by atoms with Gasteiger partial charge in [0, 0.05) is 38.5 Å². The molecule has 5 heteroatoms. The minimum absolute atomic E-state index is 0. The Bertz CT molecular complexity index is 222. The molecular formula is C11H21ClF2N2. The SMILES string of the molecule is CN(CC1CCCC(F)(F)C1)C1CNC1.Cl. The quantitative estimate of drug-likeness (QED) is 0.830. The summed E-state index contributed by atoms with van der Waals surface area (Å²) in [5.74, 6) is -2.21. The van der Waals surface area contributed by atoms with Crippen LogP contribution in [-0.2, 0) is 0 Å². The summed E-state index contributed by atoms with van der Waals surface area (Å²) in [6, 6.07) is 0.570. The van der Waals surface area contributed by atoms with Crippen molar-refractivity contribution in [2.75, 3.05) is 26.7 Å². The molecule has 1 N–H and O–H groups in total. The molecule has 2 nitrogen and oxygen atoms in total. The van der Waals surface area contributed by atoms with Crippen LogP contribution in [0.15, 0.2) is 0 Å². The third-order valence-corrected chi connectivity index (χ3v) is 3.67. The molecule has 16 heavy (non-hydrogen) atoms. The molecule has 1 atom stereocenters. The highest BCUT2D eigenvalue weighted by Crippen LogP contribution is 2.36. The normalized spacial score (nSPS) is 29.6. The molecule has 2 aliphatic rings. The molecule has 1 unspecified atom stereocenters. The van der Waals surface area contributed by atoms with Gasteiger partial charge in [0.15, 0.2) is 0 Å². The summed E-state index contributed by atoms with van der Waals surface area (Å²) in [6.45, 7) is 2.86. The van der Waals surface area contributed by atoms with Gasteiger partial charge in [-0.1, -0.05) is 0 Å². The summed E-state index contributed by atoms with van der Waals surface area (Å²) in [6.07, 6.45) is 1.85. The number of alkyl halides is 2. The van der Waals surface area contributed by atoms with E-state index in [2.05, 4.69) is 17.3 Å². The van der Waals surface area contributed by atoms with Crippen molar-refractivity contribution in [1.29, 1.82) is 0 Å². The molecule has 1 heterocycles. The number of hydrogen-bond donors (Lipinski definition) is 1. The summed E-state index contributed by atoms with van der Waals surface area (Å²) in [5, 5.41) is 3.21. The van der Waals surface area contributed by atoms with E-state index in [9.17, 15) is 8.78 Å². The van der Waals surface area contributed by atoms with E-state index in [1.807, 2.05) is 0 Å². The summed E-state index contributed by atoms with van der Waals surface area (Å²) >= 11 is 0. The van der Waals surface area contributed by atoms with E-state index in [1.54, 1.807) is 0 Å². The van der Waals surface area contributed by atoms with Gasteiger partial charge in [0.05, 0.1) is 0 Å². The van der Waals surface area contributed by atoms with Crippen molar-refractivity contribution in [2.24, 2.45) is 5.92 Å². The van der Waals surface area contributed by atoms with E-state index < -0.39 is 5.92 Å². The summed E-state index contributed by atoms with van der Waals surface area (Å²) in [5.41, 5.74) is 0. The topological polar surface area (TPSA) is 15.3 Å². The highest BCUT2D eigenvalue weighted by Gasteiger charge is 2.37.